The Morgan fingerprint density at radius 3 is 2.52 bits per heavy atom. The average molecular weight is 432 g/mol. The highest BCUT2D eigenvalue weighted by Crippen LogP contribution is 2.46. The Balaban J connectivity index is 2.06. The molecule has 1 heterocycles. The fourth-order valence-corrected chi connectivity index (χ4v) is 4.26. The summed E-state index contributed by atoms with van der Waals surface area (Å²) in [6, 6.07) is 8.20. The Morgan fingerprint density at radius 2 is 1.85 bits per heavy atom. The fourth-order valence-electron chi connectivity index (χ4n) is 2.80. The van der Waals surface area contributed by atoms with Crippen LogP contribution in [0.15, 0.2) is 36.4 Å². The summed E-state index contributed by atoms with van der Waals surface area (Å²) in [6.45, 7) is 1.86. The summed E-state index contributed by atoms with van der Waals surface area (Å²) in [5.41, 5.74) is 7.22. The molecule has 2 nitrogen and oxygen atoms in total. The van der Waals surface area contributed by atoms with Crippen LogP contribution >= 0.6 is 34.5 Å². The van der Waals surface area contributed by atoms with E-state index in [4.69, 9.17) is 28.9 Å². The number of thiophene rings is 1. The van der Waals surface area contributed by atoms with E-state index in [0.717, 1.165) is 34.6 Å². The van der Waals surface area contributed by atoms with Gasteiger partial charge in [-0.3, -0.25) is 0 Å². The van der Waals surface area contributed by atoms with Gasteiger partial charge in [0.05, 0.1) is 31.1 Å². The quantitative estimate of drug-likeness (QED) is 0.472. The molecule has 0 atom stereocenters. The van der Waals surface area contributed by atoms with E-state index in [1.165, 1.54) is 12.1 Å². The maximum atomic E-state index is 13.0. The van der Waals surface area contributed by atoms with Gasteiger partial charge in [-0.05, 0) is 41.8 Å². The van der Waals surface area contributed by atoms with E-state index in [1.807, 2.05) is 13.0 Å². The van der Waals surface area contributed by atoms with E-state index < -0.39 is 11.7 Å². The lowest BCUT2D eigenvalue weighted by atomic mass is 10.0. The molecule has 0 saturated carbocycles. The second-order valence-corrected chi connectivity index (χ2v) is 7.95. The third-order valence-corrected chi connectivity index (χ3v) is 6.08. The van der Waals surface area contributed by atoms with Crippen LogP contribution in [0.2, 0.25) is 10.0 Å². The molecule has 0 amide bonds. The molecule has 0 aliphatic heterocycles. The number of anilines is 1. The molecule has 8 heteroatoms. The van der Waals surface area contributed by atoms with E-state index in [0.29, 0.717) is 14.9 Å². The van der Waals surface area contributed by atoms with Crippen molar-refractivity contribution in [2.75, 3.05) is 5.73 Å². The minimum atomic E-state index is -4.48. The van der Waals surface area contributed by atoms with Gasteiger partial charge in [0.2, 0.25) is 0 Å². The molecule has 0 aliphatic rings. The summed E-state index contributed by atoms with van der Waals surface area (Å²) in [4.78, 5) is 0.507. The Hall–Kier alpha value is -1.89. The second-order valence-electron chi connectivity index (χ2n) is 6.03. The van der Waals surface area contributed by atoms with Gasteiger partial charge >= 0.3 is 6.18 Å². The Bertz CT molecular complexity index is 1010. The van der Waals surface area contributed by atoms with E-state index in [2.05, 4.69) is 0 Å². The number of rotatable bonds is 3. The average Bonchev–Trinajstić information content (AvgIpc) is 2.88. The van der Waals surface area contributed by atoms with Crippen LogP contribution in [0.5, 0.6) is 5.75 Å². The molecular weight excluding hydrogens is 418 g/mol. The fraction of sp³-hybridized carbons (Fsp3) is 0.158. The van der Waals surface area contributed by atoms with Crippen molar-refractivity contribution in [2.45, 2.75) is 19.5 Å². The molecule has 3 N–H and O–H groups in total. The van der Waals surface area contributed by atoms with E-state index >= 15 is 0 Å². The number of nitrogen functional groups attached to an aromatic ring is 1. The zero-order valence-electron chi connectivity index (χ0n) is 14.0. The first-order valence-corrected chi connectivity index (χ1v) is 9.38. The normalized spacial score (nSPS) is 11.8. The van der Waals surface area contributed by atoms with E-state index in [1.54, 1.807) is 6.07 Å². The van der Waals surface area contributed by atoms with Gasteiger partial charge in [0.1, 0.15) is 5.75 Å². The number of benzene rings is 2. The number of alkyl halides is 3. The van der Waals surface area contributed by atoms with Gasteiger partial charge < -0.3 is 10.8 Å². The number of halogens is 5. The molecule has 0 aliphatic carbocycles. The van der Waals surface area contributed by atoms with E-state index in [-0.39, 0.29) is 28.3 Å². The van der Waals surface area contributed by atoms with Gasteiger partial charge in [0, 0.05) is 6.42 Å². The number of aromatic hydroxyl groups is 1. The predicted octanol–water partition coefficient (Wildman–Crippen LogP) is 6.93. The SMILES string of the molecule is Cc1ccc(Cl)c(Cl)c1Cc1sc(N)c(-c2cccc(C(F)(F)F)c2)c1O. The second kappa shape index (κ2) is 7.26. The van der Waals surface area contributed by atoms with Gasteiger partial charge in [0.25, 0.3) is 0 Å². The smallest absolute Gasteiger partial charge is 0.416 e. The Labute approximate surface area is 168 Å². The standard InChI is InChI=1S/C19H14Cl2F3NOS/c1-9-5-6-13(20)16(21)12(9)8-14-17(26)15(18(25)27-14)10-3-2-4-11(7-10)19(22,23)24/h2-7,26H,8,25H2,1H3. The van der Waals surface area contributed by atoms with Crippen molar-refractivity contribution in [1.29, 1.82) is 0 Å². The van der Waals surface area contributed by atoms with Crippen molar-refractivity contribution >= 4 is 39.5 Å². The minimum absolute atomic E-state index is 0.146. The molecule has 1 aromatic heterocycles. The maximum Gasteiger partial charge on any atom is 0.416 e. The van der Waals surface area contributed by atoms with Crippen LogP contribution in [0.3, 0.4) is 0 Å². The van der Waals surface area contributed by atoms with Crippen LogP contribution in [0.25, 0.3) is 11.1 Å². The molecule has 0 saturated heterocycles. The number of hydrogen-bond donors (Lipinski definition) is 2. The lowest BCUT2D eigenvalue weighted by molar-refractivity contribution is -0.137. The van der Waals surface area contributed by atoms with Gasteiger partial charge in [0.15, 0.2) is 0 Å². The van der Waals surface area contributed by atoms with Crippen LogP contribution in [0, 0.1) is 6.92 Å². The lowest BCUT2D eigenvalue weighted by Gasteiger charge is -2.10. The molecule has 0 fully saturated rings. The van der Waals surface area contributed by atoms with Crippen molar-refractivity contribution in [3.8, 4) is 16.9 Å². The highest BCUT2D eigenvalue weighted by Gasteiger charge is 2.31. The third kappa shape index (κ3) is 3.88. The Kier molecular flexibility index (Phi) is 5.34. The molecule has 0 spiro atoms. The molecule has 3 rings (SSSR count). The number of nitrogens with two attached hydrogens (primary N) is 1. The zero-order valence-corrected chi connectivity index (χ0v) is 16.3. The number of hydrogen-bond acceptors (Lipinski definition) is 3. The first-order valence-electron chi connectivity index (χ1n) is 7.80. The van der Waals surface area contributed by atoms with Crippen LogP contribution in [0.1, 0.15) is 21.6 Å². The number of aryl methyl sites for hydroxylation is 1. The summed E-state index contributed by atoms with van der Waals surface area (Å²) in [6.07, 6.45) is -4.21. The van der Waals surface area contributed by atoms with Crippen LogP contribution in [0.4, 0.5) is 18.2 Å². The molecular formula is C19H14Cl2F3NOS. The summed E-state index contributed by atoms with van der Waals surface area (Å²) in [5, 5.41) is 11.6. The monoisotopic (exact) mass is 431 g/mol. The molecule has 142 valence electrons. The van der Waals surface area contributed by atoms with Crippen molar-refractivity contribution in [1.82, 2.24) is 0 Å². The lowest BCUT2D eigenvalue weighted by Crippen LogP contribution is -2.04. The predicted molar refractivity (Wildman–Crippen MR) is 105 cm³/mol. The van der Waals surface area contributed by atoms with E-state index in [9.17, 15) is 18.3 Å². The summed E-state index contributed by atoms with van der Waals surface area (Å²) in [7, 11) is 0. The van der Waals surface area contributed by atoms with Gasteiger partial charge in [-0.15, -0.1) is 11.3 Å². The molecule has 0 bridgehead atoms. The summed E-state index contributed by atoms with van der Waals surface area (Å²) < 4.78 is 39.0. The maximum absolute atomic E-state index is 13.0. The van der Waals surface area contributed by atoms with Gasteiger partial charge in [-0.1, -0.05) is 41.4 Å². The highest BCUT2D eigenvalue weighted by atomic mass is 35.5. The molecule has 0 radical (unpaired) electrons. The molecule has 27 heavy (non-hydrogen) atoms. The van der Waals surface area contributed by atoms with Crippen molar-refractivity contribution in [3.63, 3.8) is 0 Å². The summed E-state index contributed by atoms with van der Waals surface area (Å²) >= 11 is 13.4. The van der Waals surface area contributed by atoms with Crippen LogP contribution in [-0.4, -0.2) is 5.11 Å². The minimum Gasteiger partial charge on any atom is -0.506 e. The molecule has 2 aromatic carbocycles. The molecule has 0 unspecified atom stereocenters. The van der Waals surface area contributed by atoms with Crippen LogP contribution < -0.4 is 5.73 Å². The van der Waals surface area contributed by atoms with Crippen molar-refractivity contribution in [2.24, 2.45) is 0 Å². The third-order valence-electron chi connectivity index (χ3n) is 4.23. The molecule has 3 aromatic rings. The van der Waals surface area contributed by atoms with Gasteiger partial charge in [-0.25, -0.2) is 0 Å². The highest BCUT2D eigenvalue weighted by molar-refractivity contribution is 7.17. The van der Waals surface area contributed by atoms with Crippen molar-refractivity contribution < 1.29 is 18.3 Å². The van der Waals surface area contributed by atoms with Crippen LogP contribution in [-0.2, 0) is 12.6 Å². The zero-order chi connectivity index (χ0) is 19.9. The Morgan fingerprint density at radius 1 is 1.15 bits per heavy atom. The topological polar surface area (TPSA) is 46.2 Å². The summed E-state index contributed by atoms with van der Waals surface area (Å²) in [5.74, 6) is -0.146. The first-order chi connectivity index (χ1) is 12.6. The van der Waals surface area contributed by atoms with Crippen molar-refractivity contribution in [3.05, 3.63) is 68.0 Å². The largest absolute Gasteiger partial charge is 0.506 e. The van der Waals surface area contributed by atoms with Gasteiger partial charge in [-0.2, -0.15) is 13.2 Å². The first kappa shape index (κ1) is 19.9.